The van der Waals surface area contributed by atoms with Crippen molar-refractivity contribution < 1.29 is 22.8 Å². The van der Waals surface area contributed by atoms with Crippen LogP contribution in [0.2, 0.25) is 0 Å². The van der Waals surface area contributed by atoms with E-state index in [-0.39, 0.29) is 23.6 Å². The van der Waals surface area contributed by atoms with Crippen LogP contribution in [0.1, 0.15) is 29.5 Å². The van der Waals surface area contributed by atoms with Gasteiger partial charge in [-0.2, -0.15) is 18.2 Å². The molecule has 0 saturated heterocycles. The van der Waals surface area contributed by atoms with E-state index < -0.39 is 11.7 Å². The highest BCUT2D eigenvalue weighted by Crippen LogP contribution is 2.40. The van der Waals surface area contributed by atoms with E-state index in [0.717, 1.165) is 36.6 Å². The van der Waals surface area contributed by atoms with Gasteiger partial charge in [0.25, 0.3) is 5.89 Å². The Hall–Kier alpha value is -3.49. The van der Waals surface area contributed by atoms with E-state index in [4.69, 9.17) is 9.63 Å². The van der Waals surface area contributed by atoms with Crippen molar-refractivity contribution in [2.45, 2.75) is 32.5 Å². The van der Waals surface area contributed by atoms with Crippen LogP contribution in [0.15, 0.2) is 71.3 Å². The smallest absolute Gasteiger partial charge is 0.396 e. The number of hydrogen-bond acceptors (Lipinski definition) is 5. The zero-order valence-electron chi connectivity index (χ0n) is 19.3. The second-order valence-corrected chi connectivity index (χ2v) is 8.30. The Morgan fingerprint density at radius 3 is 2.37 bits per heavy atom. The molecule has 0 aliphatic rings. The third kappa shape index (κ3) is 5.96. The number of nitrogens with one attached hydrogen (secondary N) is 1. The first kappa shape index (κ1) is 24.6. The number of aromatic nitrogens is 2. The van der Waals surface area contributed by atoms with Gasteiger partial charge in [-0.1, -0.05) is 59.8 Å². The lowest BCUT2D eigenvalue weighted by atomic mass is 9.94. The summed E-state index contributed by atoms with van der Waals surface area (Å²) >= 11 is 0. The zero-order valence-corrected chi connectivity index (χ0v) is 19.3. The van der Waals surface area contributed by atoms with E-state index >= 15 is 0 Å². The molecule has 182 valence electrons. The van der Waals surface area contributed by atoms with Crippen molar-refractivity contribution in [2.75, 3.05) is 13.2 Å². The standard InChI is InChI=1S/C27H26F3N3O2/c1-18-6-2-3-7-22(18)23-13-12-21(16-24(23)27(28,29)30)26-32-25(33-35-26)20-10-8-19(9-11-20)17-31-14-4-5-15-34/h2-3,6-13,16,31,34H,4-5,14-15,17H2,1H3. The van der Waals surface area contributed by atoms with Gasteiger partial charge < -0.3 is 14.9 Å². The predicted octanol–water partition coefficient (Wildman–Crippen LogP) is 6.26. The number of nitrogens with zero attached hydrogens (tertiary/aromatic N) is 2. The molecule has 1 heterocycles. The maximum atomic E-state index is 13.9. The second-order valence-electron chi connectivity index (χ2n) is 8.30. The zero-order chi connectivity index (χ0) is 24.8. The van der Waals surface area contributed by atoms with Crippen LogP contribution < -0.4 is 5.32 Å². The largest absolute Gasteiger partial charge is 0.417 e. The quantitative estimate of drug-likeness (QED) is 0.276. The molecule has 3 aromatic carbocycles. The lowest BCUT2D eigenvalue weighted by Crippen LogP contribution is -2.14. The normalized spacial score (nSPS) is 11.7. The third-order valence-electron chi connectivity index (χ3n) is 5.74. The summed E-state index contributed by atoms with van der Waals surface area (Å²) in [7, 11) is 0. The molecule has 0 radical (unpaired) electrons. The SMILES string of the molecule is Cc1ccccc1-c1ccc(-c2nc(-c3ccc(CNCCCCO)cc3)no2)cc1C(F)(F)F. The van der Waals surface area contributed by atoms with Crippen LogP contribution in [0.3, 0.4) is 0 Å². The van der Waals surface area contributed by atoms with Crippen molar-refractivity contribution in [3.63, 3.8) is 0 Å². The Kier molecular flexibility index (Phi) is 7.63. The van der Waals surface area contributed by atoms with Crippen molar-refractivity contribution in [3.05, 3.63) is 83.4 Å². The molecule has 0 fully saturated rings. The summed E-state index contributed by atoms with van der Waals surface area (Å²) in [4.78, 5) is 4.34. The molecular weight excluding hydrogens is 455 g/mol. The minimum Gasteiger partial charge on any atom is -0.396 e. The number of benzene rings is 3. The lowest BCUT2D eigenvalue weighted by Gasteiger charge is -2.15. The first-order chi connectivity index (χ1) is 16.9. The van der Waals surface area contributed by atoms with Crippen molar-refractivity contribution >= 4 is 0 Å². The summed E-state index contributed by atoms with van der Waals surface area (Å²) < 4.78 is 47.1. The maximum absolute atomic E-state index is 13.9. The van der Waals surface area contributed by atoms with E-state index in [9.17, 15) is 13.2 Å². The molecule has 5 nitrogen and oxygen atoms in total. The van der Waals surface area contributed by atoms with Crippen molar-refractivity contribution in [3.8, 4) is 34.0 Å². The van der Waals surface area contributed by atoms with Crippen molar-refractivity contribution in [2.24, 2.45) is 0 Å². The summed E-state index contributed by atoms with van der Waals surface area (Å²) in [6, 6.07) is 18.6. The molecule has 0 unspecified atom stereocenters. The Morgan fingerprint density at radius 2 is 1.66 bits per heavy atom. The van der Waals surface area contributed by atoms with Gasteiger partial charge in [0, 0.05) is 24.3 Å². The molecule has 0 amide bonds. The molecule has 4 rings (SSSR count). The van der Waals surface area contributed by atoms with Gasteiger partial charge in [-0.15, -0.1) is 0 Å². The first-order valence-electron chi connectivity index (χ1n) is 11.4. The Bertz CT molecular complexity index is 1270. The molecule has 2 N–H and O–H groups in total. The van der Waals surface area contributed by atoms with E-state index in [1.807, 2.05) is 24.3 Å². The molecule has 8 heteroatoms. The number of aryl methyl sites for hydroxylation is 1. The highest BCUT2D eigenvalue weighted by molar-refractivity contribution is 5.74. The monoisotopic (exact) mass is 481 g/mol. The van der Waals surface area contributed by atoms with Gasteiger partial charge in [0.15, 0.2) is 0 Å². The lowest BCUT2D eigenvalue weighted by molar-refractivity contribution is -0.137. The van der Waals surface area contributed by atoms with Gasteiger partial charge in [-0.25, -0.2) is 0 Å². The van der Waals surface area contributed by atoms with E-state index in [0.29, 0.717) is 23.5 Å². The fourth-order valence-electron chi connectivity index (χ4n) is 3.85. The van der Waals surface area contributed by atoms with Crippen LogP contribution in [0.4, 0.5) is 13.2 Å². The predicted molar refractivity (Wildman–Crippen MR) is 128 cm³/mol. The average molecular weight is 482 g/mol. The van der Waals surface area contributed by atoms with Gasteiger partial charge >= 0.3 is 6.18 Å². The van der Waals surface area contributed by atoms with Gasteiger partial charge in [-0.3, -0.25) is 0 Å². The molecule has 0 atom stereocenters. The average Bonchev–Trinajstić information content (AvgIpc) is 3.34. The fraction of sp³-hybridized carbons (Fsp3) is 0.259. The molecule has 0 aliphatic heterocycles. The number of aliphatic hydroxyl groups is 1. The summed E-state index contributed by atoms with van der Waals surface area (Å²) in [5.41, 5.74) is 2.63. The molecule has 35 heavy (non-hydrogen) atoms. The molecule has 4 aromatic rings. The maximum Gasteiger partial charge on any atom is 0.417 e. The van der Waals surface area contributed by atoms with Crippen molar-refractivity contribution in [1.29, 1.82) is 0 Å². The Balaban J connectivity index is 1.55. The second kappa shape index (κ2) is 10.8. The number of halogens is 3. The minimum absolute atomic E-state index is 0.0245. The van der Waals surface area contributed by atoms with Crippen LogP contribution in [0, 0.1) is 6.92 Å². The number of unbranched alkanes of at least 4 members (excludes halogenated alkanes) is 1. The Morgan fingerprint density at radius 1 is 0.914 bits per heavy atom. The van der Waals surface area contributed by atoms with Crippen LogP contribution in [0.25, 0.3) is 34.0 Å². The van der Waals surface area contributed by atoms with E-state index in [1.54, 1.807) is 37.3 Å². The van der Waals surface area contributed by atoms with E-state index in [1.165, 1.54) is 6.07 Å². The highest BCUT2D eigenvalue weighted by Gasteiger charge is 2.34. The van der Waals surface area contributed by atoms with Crippen LogP contribution in [-0.4, -0.2) is 28.4 Å². The molecule has 0 spiro atoms. The molecule has 0 aliphatic carbocycles. The van der Waals surface area contributed by atoms with Gasteiger partial charge in [0.05, 0.1) is 5.56 Å². The molecule has 0 saturated carbocycles. The highest BCUT2D eigenvalue weighted by atomic mass is 19.4. The first-order valence-corrected chi connectivity index (χ1v) is 11.4. The number of aliphatic hydroxyl groups excluding tert-OH is 1. The van der Waals surface area contributed by atoms with Gasteiger partial charge in [0.1, 0.15) is 0 Å². The topological polar surface area (TPSA) is 71.2 Å². The van der Waals surface area contributed by atoms with E-state index in [2.05, 4.69) is 15.5 Å². The fourth-order valence-corrected chi connectivity index (χ4v) is 3.85. The number of rotatable bonds is 9. The number of hydrogen-bond donors (Lipinski definition) is 2. The van der Waals surface area contributed by atoms with Gasteiger partial charge in [-0.05, 0) is 60.7 Å². The summed E-state index contributed by atoms with van der Waals surface area (Å²) in [6.45, 7) is 3.49. The third-order valence-corrected chi connectivity index (χ3v) is 5.74. The summed E-state index contributed by atoms with van der Waals surface area (Å²) in [5, 5.41) is 16.1. The van der Waals surface area contributed by atoms with Gasteiger partial charge in [0.2, 0.25) is 5.82 Å². The number of alkyl halides is 3. The minimum atomic E-state index is -4.54. The van der Waals surface area contributed by atoms with Crippen LogP contribution in [-0.2, 0) is 12.7 Å². The molecular formula is C27H26F3N3O2. The summed E-state index contributed by atoms with van der Waals surface area (Å²) in [6.07, 6.45) is -2.87. The molecule has 0 bridgehead atoms. The Labute approximate surface area is 201 Å². The van der Waals surface area contributed by atoms with Crippen LogP contribution >= 0.6 is 0 Å². The molecule has 1 aromatic heterocycles. The van der Waals surface area contributed by atoms with Crippen molar-refractivity contribution in [1.82, 2.24) is 15.5 Å². The summed E-state index contributed by atoms with van der Waals surface area (Å²) in [5.74, 6) is 0.329. The van der Waals surface area contributed by atoms with Crippen LogP contribution in [0.5, 0.6) is 0 Å².